The molecule has 0 aromatic heterocycles. The van der Waals surface area contributed by atoms with Crippen molar-refractivity contribution in [1.29, 1.82) is 0 Å². The average molecular weight is 373 g/mol. The first-order chi connectivity index (χ1) is 10.6. The maximum absolute atomic E-state index is 12.4. The smallest absolute Gasteiger partial charge is 0.402 e. The summed E-state index contributed by atoms with van der Waals surface area (Å²) in [5.41, 5.74) is 4.62. The van der Waals surface area contributed by atoms with Gasteiger partial charge in [-0.05, 0) is 19.1 Å². The number of hydrogen-bond acceptors (Lipinski definition) is 4. The number of alkyl halides is 9. The molecule has 1 aromatic rings. The van der Waals surface area contributed by atoms with E-state index in [4.69, 9.17) is 5.73 Å². The summed E-state index contributed by atoms with van der Waals surface area (Å²) >= 11 is 0. The summed E-state index contributed by atoms with van der Waals surface area (Å²) in [4.78, 5) is 0. The van der Waals surface area contributed by atoms with Gasteiger partial charge < -0.3 is 19.9 Å². The fraction of sp³-hybridized carbons (Fsp3) is 0.455. The van der Waals surface area contributed by atoms with E-state index in [0.29, 0.717) is 12.1 Å². The van der Waals surface area contributed by atoms with Crippen LogP contribution in [0, 0.1) is 0 Å². The second kappa shape index (κ2) is 6.45. The lowest BCUT2D eigenvalue weighted by Crippen LogP contribution is -2.25. The molecule has 138 valence electrons. The normalized spacial score (nSPS) is 14.3. The van der Waals surface area contributed by atoms with Crippen LogP contribution in [0.2, 0.25) is 0 Å². The molecule has 1 rings (SSSR count). The Hall–Kier alpha value is -2.05. The number of benzene rings is 1. The lowest BCUT2D eigenvalue weighted by Gasteiger charge is -2.22. The summed E-state index contributed by atoms with van der Waals surface area (Å²) in [6.07, 6.45) is -16.6. The SMILES string of the molecule is CC(N)c1ccc(OC(F)(F)F)c(OC(F)(F)F)c1OC(F)(F)F. The molecule has 1 unspecified atom stereocenters. The molecular weight excluding hydrogens is 365 g/mol. The molecule has 24 heavy (non-hydrogen) atoms. The first-order valence-electron chi connectivity index (χ1n) is 5.79. The van der Waals surface area contributed by atoms with Gasteiger partial charge in [0.2, 0.25) is 5.75 Å². The molecule has 1 aromatic carbocycles. The minimum Gasteiger partial charge on any atom is -0.402 e. The van der Waals surface area contributed by atoms with Crippen molar-refractivity contribution in [2.75, 3.05) is 0 Å². The predicted octanol–water partition coefficient (Wildman–Crippen LogP) is 4.40. The second-order valence-electron chi connectivity index (χ2n) is 4.24. The molecule has 4 nitrogen and oxygen atoms in total. The van der Waals surface area contributed by atoms with Crippen LogP contribution in [0.4, 0.5) is 39.5 Å². The van der Waals surface area contributed by atoms with E-state index in [1.807, 2.05) is 0 Å². The number of nitrogens with two attached hydrogens (primary N) is 1. The van der Waals surface area contributed by atoms with Crippen molar-refractivity contribution in [2.45, 2.75) is 32.1 Å². The van der Waals surface area contributed by atoms with Gasteiger partial charge in [0.05, 0.1) is 0 Å². The van der Waals surface area contributed by atoms with Gasteiger partial charge in [0.1, 0.15) is 0 Å². The van der Waals surface area contributed by atoms with Gasteiger partial charge >= 0.3 is 19.1 Å². The molecular formula is C11H8F9NO3. The van der Waals surface area contributed by atoms with Gasteiger partial charge in [0.25, 0.3) is 0 Å². The molecule has 1 atom stereocenters. The molecule has 2 N–H and O–H groups in total. The second-order valence-corrected chi connectivity index (χ2v) is 4.24. The molecule has 0 aliphatic heterocycles. The summed E-state index contributed by atoms with van der Waals surface area (Å²) in [6.45, 7) is 1.07. The van der Waals surface area contributed by atoms with E-state index in [0.717, 1.165) is 6.92 Å². The van der Waals surface area contributed by atoms with Gasteiger partial charge in [-0.3, -0.25) is 0 Å². The molecule has 0 aliphatic rings. The highest BCUT2D eigenvalue weighted by atomic mass is 19.4. The number of hydrogen-bond donors (Lipinski definition) is 1. The summed E-state index contributed by atoms with van der Waals surface area (Å²) in [7, 11) is 0. The summed E-state index contributed by atoms with van der Waals surface area (Å²) < 4.78 is 121. The minimum atomic E-state index is -5.62. The lowest BCUT2D eigenvalue weighted by atomic mass is 10.1. The Bertz CT molecular complexity index is 578. The highest BCUT2D eigenvalue weighted by Crippen LogP contribution is 2.47. The Morgan fingerprint density at radius 1 is 0.750 bits per heavy atom. The van der Waals surface area contributed by atoms with E-state index < -0.39 is 47.9 Å². The van der Waals surface area contributed by atoms with Gasteiger partial charge in [-0.25, -0.2) is 0 Å². The first kappa shape index (κ1) is 20.0. The Kier molecular flexibility index (Phi) is 5.38. The van der Waals surface area contributed by atoms with Gasteiger partial charge in [-0.2, -0.15) is 0 Å². The van der Waals surface area contributed by atoms with Gasteiger partial charge in [0, 0.05) is 11.6 Å². The molecule has 0 spiro atoms. The molecule has 0 aliphatic carbocycles. The largest absolute Gasteiger partial charge is 0.573 e. The van der Waals surface area contributed by atoms with Gasteiger partial charge in [0.15, 0.2) is 11.5 Å². The standard InChI is InChI=1S/C11H8F9NO3/c1-4(21)5-2-3-6(22-9(12,13)14)8(24-11(18,19)20)7(5)23-10(15,16)17/h2-4H,21H2,1H3. The third-order valence-corrected chi connectivity index (χ3v) is 2.26. The topological polar surface area (TPSA) is 53.7 Å². The fourth-order valence-electron chi connectivity index (χ4n) is 1.56. The Labute approximate surface area is 127 Å². The van der Waals surface area contributed by atoms with Crippen LogP contribution >= 0.6 is 0 Å². The fourth-order valence-corrected chi connectivity index (χ4v) is 1.56. The van der Waals surface area contributed by atoms with Crippen molar-refractivity contribution in [1.82, 2.24) is 0 Å². The molecule has 0 fully saturated rings. The summed E-state index contributed by atoms with van der Waals surface area (Å²) in [5.74, 6) is -5.31. The zero-order valence-corrected chi connectivity index (χ0v) is 11.4. The van der Waals surface area contributed by atoms with Crippen LogP contribution in [0.5, 0.6) is 17.2 Å². The lowest BCUT2D eigenvalue weighted by molar-refractivity contribution is -0.293. The highest BCUT2D eigenvalue weighted by molar-refractivity contribution is 5.57. The zero-order chi connectivity index (χ0) is 18.9. The van der Waals surface area contributed by atoms with Crippen LogP contribution < -0.4 is 19.9 Å². The zero-order valence-electron chi connectivity index (χ0n) is 11.4. The van der Waals surface area contributed by atoms with Crippen molar-refractivity contribution in [3.63, 3.8) is 0 Å². The Morgan fingerprint density at radius 2 is 1.17 bits per heavy atom. The van der Waals surface area contributed by atoms with Crippen molar-refractivity contribution in [3.05, 3.63) is 17.7 Å². The molecule has 0 amide bonds. The van der Waals surface area contributed by atoms with Crippen LogP contribution in [0.3, 0.4) is 0 Å². The highest BCUT2D eigenvalue weighted by Gasteiger charge is 2.42. The molecule has 13 heteroatoms. The van der Waals surface area contributed by atoms with Crippen LogP contribution in [0.1, 0.15) is 18.5 Å². The third-order valence-electron chi connectivity index (χ3n) is 2.26. The molecule has 0 heterocycles. The predicted molar refractivity (Wildman–Crippen MR) is 59.1 cm³/mol. The van der Waals surface area contributed by atoms with E-state index in [1.54, 1.807) is 0 Å². The van der Waals surface area contributed by atoms with Gasteiger partial charge in [-0.1, -0.05) is 0 Å². The van der Waals surface area contributed by atoms with Crippen molar-refractivity contribution >= 4 is 0 Å². The first-order valence-corrected chi connectivity index (χ1v) is 5.79. The van der Waals surface area contributed by atoms with Crippen molar-refractivity contribution < 1.29 is 53.7 Å². The molecule has 0 bridgehead atoms. The molecule has 0 saturated heterocycles. The summed E-state index contributed by atoms with van der Waals surface area (Å²) in [5, 5.41) is 0. The third kappa shape index (κ3) is 6.22. The Balaban J connectivity index is 3.59. The van der Waals surface area contributed by atoms with Crippen LogP contribution in [-0.2, 0) is 0 Å². The Morgan fingerprint density at radius 3 is 1.54 bits per heavy atom. The summed E-state index contributed by atoms with van der Waals surface area (Å²) in [6, 6.07) is -0.398. The van der Waals surface area contributed by atoms with E-state index in [9.17, 15) is 39.5 Å². The van der Waals surface area contributed by atoms with Crippen LogP contribution in [0.15, 0.2) is 12.1 Å². The molecule has 0 radical (unpaired) electrons. The maximum Gasteiger partial charge on any atom is 0.573 e. The van der Waals surface area contributed by atoms with Crippen molar-refractivity contribution in [3.8, 4) is 17.2 Å². The number of rotatable bonds is 4. The van der Waals surface area contributed by atoms with Crippen LogP contribution in [-0.4, -0.2) is 19.1 Å². The number of halogens is 9. The molecule has 0 saturated carbocycles. The van der Waals surface area contributed by atoms with Crippen molar-refractivity contribution in [2.24, 2.45) is 5.73 Å². The van der Waals surface area contributed by atoms with E-state index >= 15 is 0 Å². The van der Waals surface area contributed by atoms with Gasteiger partial charge in [-0.15, -0.1) is 39.5 Å². The van der Waals surface area contributed by atoms with E-state index in [2.05, 4.69) is 14.2 Å². The van der Waals surface area contributed by atoms with E-state index in [1.165, 1.54) is 0 Å². The number of ether oxygens (including phenoxy) is 3. The maximum atomic E-state index is 12.4. The van der Waals surface area contributed by atoms with E-state index in [-0.39, 0.29) is 0 Å². The minimum absolute atomic E-state index is 0.330. The quantitative estimate of drug-likeness (QED) is 0.795. The van der Waals surface area contributed by atoms with Crippen LogP contribution in [0.25, 0.3) is 0 Å². The monoisotopic (exact) mass is 373 g/mol. The average Bonchev–Trinajstić information content (AvgIpc) is 2.27.